The predicted octanol–water partition coefficient (Wildman–Crippen LogP) is 4.64. The molecule has 3 rings (SSSR count). The summed E-state index contributed by atoms with van der Waals surface area (Å²) in [7, 11) is 1.92. The van der Waals surface area contributed by atoms with E-state index in [-0.39, 0.29) is 12.6 Å². The minimum Gasteiger partial charge on any atom is -0.491 e. The Balaban J connectivity index is 1.63. The highest BCUT2D eigenvalue weighted by molar-refractivity contribution is 6.06. The standard InChI is InChI=1S/C25H32N2O4/c1-6-30-25(29)24-17(4)27(5)23-12-11-21(13-22(23)24)31-15-20(28)14-26-19-9-7-18(8-10-19)16(2)3/h7-13,16,20,26,28H,6,14-15H2,1-5H3. The van der Waals surface area contributed by atoms with Crippen molar-refractivity contribution in [1.29, 1.82) is 0 Å². The van der Waals surface area contributed by atoms with Crippen LogP contribution in [0.4, 0.5) is 5.69 Å². The second-order valence-corrected chi connectivity index (χ2v) is 8.04. The molecule has 0 spiro atoms. The first-order valence-electron chi connectivity index (χ1n) is 10.7. The Bertz CT molecular complexity index is 1040. The highest BCUT2D eigenvalue weighted by Crippen LogP contribution is 2.29. The number of nitrogens with zero attached hydrogens (tertiary/aromatic N) is 1. The van der Waals surface area contributed by atoms with E-state index < -0.39 is 6.10 Å². The fourth-order valence-corrected chi connectivity index (χ4v) is 3.57. The van der Waals surface area contributed by atoms with E-state index in [9.17, 15) is 9.90 Å². The fraction of sp³-hybridized carbons (Fsp3) is 0.400. The zero-order valence-electron chi connectivity index (χ0n) is 18.9. The Morgan fingerprint density at radius 2 is 1.87 bits per heavy atom. The number of aromatic nitrogens is 1. The van der Waals surface area contributed by atoms with Crippen LogP contribution < -0.4 is 10.1 Å². The van der Waals surface area contributed by atoms with Gasteiger partial charge in [-0.05, 0) is 55.7 Å². The molecule has 2 aromatic carbocycles. The SMILES string of the molecule is CCOC(=O)c1c(C)n(C)c2ccc(OCC(O)CNc3ccc(C(C)C)cc3)cc12. The molecule has 0 bridgehead atoms. The molecule has 0 aliphatic rings. The van der Waals surface area contributed by atoms with E-state index in [1.54, 1.807) is 6.92 Å². The van der Waals surface area contributed by atoms with Crippen LogP contribution in [0.3, 0.4) is 0 Å². The number of carbonyl (C=O) groups is 1. The first kappa shape index (κ1) is 22.7. The van der Waals surface area contributed by atoms with Crippen LogP contribution in [0.1, 0.15) is 48.3 Å². The third kappa shape index (κ3) is 5.20. The van der Waals surface area contributed by atoms with Gasteiger partial charge in [0, 0.05) is 35.9 Å². The van der Waals surface area contributed by atoms with Crippen molar-refractivity contribution in [2.75, 3.05) is 25.1 Å². The largest absolute Gasteiger partial charge is 0.491 e. The van der Waals surface area contributed by atoms with E-state index in [4.69, 9.17) is 9.47 Å². The lowest BCUT2D eigenvalue weighted by atomic mass is 10.0. The summed E-state index contributed by atoms with van der Waals surface area (Å²) >= 11 is 0. The lowest BCUT2D eigenvalue weighted by molar-refractivity contribution is 0.0527. The van der Waals surface area contributed by atoms with Crippen molar-refractivity contribution < 1.29 is 19.4 Å². The number of anilines is 1. The van der Waals surface area contributed by atoms with Gasteiger partial charge in [-0.25, -0.2) is 4.79 Å². The summed E-state index contributed by atoms with van der Waals surface area (Å²) in [5.74, 6) is 0.752. The summed E-state index contributed by atoms with van der Waals surface area (Å²) in [4.78, 5) is 12.4. The van der Waals surface area contributed by atoms with Gasteiger partial charge in [-0.15, -0.1) is 0 Å². The third-order valence-electron chi connectivity index (χ3n) is 5.50. The Morgan fingerprint density at radius 1 is 1.16 bits per heavy atom. The van der Waals surface area contributed by atoms with E-state index in [0.717, 1.165) is 22.3 Å². The van der Waals surface area contributed by atoms with E-state index >= 15 is 0 Å². The highest BCUT2D eigenvalue weighted by Gasteiger charge is 2.20. The third-order valence-corrected chi connectivity index (χ3v) is 5.50. The smallest absolute Gasteiger partial charge is 0.340 e. The number of hydrogen-bond donors (Lipinski definition) is 2. The number of rotatable bonds is 9. The molecule has 2 N–H and O–H groups in total. The van der Waals surface area contributed by atoms with Crippen molar-refractivity contribution in [2.45, 2.75) is 39.7 Å². The van der Waals surface area contributed by atoms with Crippen molar-refractivity contribution in [3.63, 3.8) is 0 Å². The first-order chi connectivity index (χ1) is 14.8. The van der Waals surface area contributed by atoms with Crippen LogP contribution in [0.5, 0.6) is 5.75 Å². The summed E-state index contributed by atoms with van der Waals surface area (Å²) < 4.78 is 13.0. The maximum absolute atomic E-state index is 12.4. The summed E-state index contributed by atoms with van der Waals surface area (Å²) in [6, 6.07) is 13.8. The molecule has 0 saturated carbocycles. The zero-order valence-corrected chi connectivity index (χ0v) is 18.9. The van der Waals surface area contributed by atoms with Crippen LogP contribution in [0.2, 0.25) is 0 Å². The molecule has 0 aliphatic heterocycles. The average molecular weight is 425 g/mol. The Labute approximate surface area is 183 Å². The highest BCUT2D eigenvalue weighted by atomic mass is 16.5. The molecule has 166 valence electrons. The molecule has 0 radical (unpaired) electrons. The Hall–Kier alpha value is -2.99. The molecule has 0 amide bonds. The molecule has 1 heterocycles. The van der Waals surface area contributed by atoms with Crippen molar-refractivity contribution in [3.05, 3.63) is 59.3 Å². The van der Waals surface area contributed by atoms with Crippen LogP contribution in [0.25, 0.3) is 10.9 Å². The minimum atomic E-state index is -0.678. The Morgan fingerprint density at radius 3 is 2.52 bits per heavy atom. The first-order valence-corrected chi connectivity index (χ1v) is 10.7. The monoisotopic (exact) mass is 424 g/mol. The van der Waals surface area contributed by atoms with Gasteiger partial charge >= 0.3 is 5.97 Å². The number of ether oxygens (including phenoxy) is 2. The zero-order chi connectivity index (χ0) is 22.5. The normalized spacial score (nSPS) is 12.2. The number of carbonyl (C=O) groups excluding carboxylic acids is 1. The van der Waals surface area contributed by atoms with Gasteiger partial charge in [0.1, 0.15) is 18.5 Å². The molecule has 6 nitrogen and oxygen atoms in total. The summed E-state index contributed by atoms with van der Waals surface area (Å²) in [6.07, 6.45) is -0.678. The molecule has 1 unspecified atom stereocenters. The lowest BCUT2D eigenvalue weighted by Crippen LogP contribution is -2.26. The second kappa shape index (κ2) is 9.88. The van der Waals surface area contributed by atoms with Gasteiger partial charge < -0.3 is 24.5 Å². The topological polar surface area (TPSA) is 72.7 Å². The van der Waals surface area contributed by atoms with Gasteiger partial charge in [0.25, 0.3) is 0 Å². The molecule has 6 heteroatoms. The molecule has 1 atom stereocenters. The maximum Gasteiger partial charge on any atom is 0.340 e. The van der Waals surface area contributed by atoms with E-state index in [1.165, 1.54) is 5.56 Å². The van der Waals surface area contributed by atoms with Crippen molar-refractivity contribution in [1.82, 2.24) is 4.57 Å². The van der Waals surface area contributed by atoms with Crippen LogP contribution >= 0.6 is 0 Å². The van der Waals surface area contributed by atoms with E-state index in [1.807, 2.05) is 48.9 Å². The summed E-state index contributed by atoms with van der Waals surface area (Å²) in [6.45, 7) is 8.85. The van der Waals surface area contributed by atoms with Crippen molar-refractivity contribution in [3.8, 4) is 5.75 Å². The van der Waals surface area contributed by atoms with Gasteiger partial charge in [-0.3, -0.25) is 0 Å². The summed E-state index contributed by atoms with van der Waals surface area (Å²) in [5, 5.41) is 14.3. The van der Waals surface area contributed by atoms with Crippen LogP contribution in [0.15, 0.2) is 42.5 Å². The number of nitrogens with one attached hydrogen (secondary N) is 1. The number of esters is 1. The number of benzene rings is 2. The average Bonchev–Trinajstić information content (AvgIpc) is 3.01. The molecule has 31 heavy (non-hydrogen) atoms. The van der Waals surface area contributed by atoms with Crippen LogP contribution in [0, 0.1) is 6.92 Å². The number of hydrogen-bond acceptors (Lipinski definition) is 5. The molecule has 3 aromatic rings. The molecule has 0 saturated heterocycles. The lowest BCUT2D eigenvalue weighted by Gasteiger charge is -2.15. The number of aliphatic hydroxyl groups excluding tert-OH is 1. The molecule has 1 aromatic heterocycles. The van der Waals surface area contributed by atoms with Gasteiger partial charge in [-0.1, -0.05) is 26.0 Å². The molecular formula is C25H32N2O4. The van der Waals surface area contributed by atoms with Crippen molar-refractivity contribution >= 4 is 22.6 Å². The van der Waals surface area contributed by atoms with E-state index in [0.29, 0.717) is 30.4 Å². The van der Waals surface area contributed by atoms with Crippen LogP contribution in [-0.4, -0.2) is 41.5 Å². The predicted molar refractivity (Wildman–Crippen MR) is 124 cm³/mol. The maximum atomic E-state index is 12.4. The van der Waals surface area contributed by atoms with Crippen molar-refractivity contribution in [2.24, 2.45) is 7.05 Å². The second-order valence-electron chi connectivity index (χ2n) is 8.04. The number of aliphatic hydroxyl groups is 1. The van der Waals surface area contributed by atoms with E-state index in [2.05, 4.69) is 31.3 Å². The van der Waals surface area contributed by atoms with Gasteiger partial charge in [-0.2, -0.15) is 0 Å². The van der Waals surface area contributed by atoms with Crippen LogP contribution in [-0.2, 0) is 11.8 Å². The molecule has 0 fully saturated rings. The molecular weight excluding hydrogens is 392 g/mol. The summed E-state index contributed by atoms with van der Waals surface area (Å²) in [5.41, 5.74) is 4.57. The number of fused-ring (bicyclic) bond motifs is 1. The number of aryl methyl sites for hydroxylation is 1. The molecule has 0 aliphatic carbocycles. The fourth-order valence-electron chi connectivity index (χ4n) is 3.57. The quantitative estimate of drug-likeness (QED) is 0.490. The minimum absolute atomic E-state index is 0.142. The van der Waals surface area contributed by atoms with Gasteiger partial charge in [0.15, 0.2) is 0 Å². The van der Waals surface area contributed by atoms with Gasteiger partial charge in [0.05, 0.1) is 12.2 Å². The Kier molecular flexibility index (Phi) is 7.23. The van der Waals surface area contributed by atoms with Gasteiger partial charge in [0.2, 0.25) is 0 Å².